The number of hydrogen-bond donors (Lipinski definition) is 4. The van der Waals surface area contributed by atoms with E-state index in [9.17, 15) is 19.2 Å². The summed E-state index contributed by atoms with van der Waals surface area (Å²) in [4.78, 5) is 75.5. The van der Waals surface area contributed by atoms with Crippen LogP contribution in [0.1, 0.15) is 129 Å². The maximum atomic E-state index is 14.9. The standard InChI is InChI=1S/C54H70N8O8/c1-29(2)12-15-37-16-19-44(62(37)51(63)46(30(3)4)59-53(65)67-7)50-55-27-42(57-50)35-13-17-38-36(24-35)28-70-45-26-39-34(25-40(38)45)14-18-41-48(39)58-49(56-41)32(6)61(43-11-9-10-31(43)5)52(64)47(60-54(66)68-8)33-20-22-69-23-21-33/h13-14,17-18,24-27,29-33,37,43-44,46-47H,9-12,15-16,19-23,28H2,1-8H3,(H,55,57)(H,56,58)(H,59,65)(H,60,66)/t31-,32+,37+,43+,44+,46?,47+/m1/s1. The zero-order valence-corrected chi connectivity index (χ0v) is 41.9. The van der Waals surface area contributed by atoms with Crippen LogP contribution in [0.2, 0.25) is 0 Å². The van der Waals surface area contributed by atoms with Gasteiger partial charge in [0.1, 0.15) is 36.1 Å². The van der Waals surface area contributed by atoms with Crippen LogP contribution in [0.3, 0.4) is 0 Å². The molecule has 374 valence electrons. The number of likely N-dealkylation sites (tertiary alicyclic amines) is 1. The molecule has 70 heavy (non-hydrogen) atoms. The number of aromatic amines is 2. The van der Waals surface area contributed by atoms with E-state index in [1.54, 1.807) is 0 Å². The van der Waals surface area contributed by atoms with Crippen molar-refractivity contribution in [2.24, 2.45) is 23.7 Å². The zero-order chi connectivity index (χ0) is 49.4. The van der Waals surface area contributed by atoms with Gasteiger partial charge in [0, 0.05) is 36.2 Å². The number of carbonyl (C=O) groups is 4. The molecule has 1 aliphatic carbocycles. The summed E-state index contributed by atoms with van der Waals surface area (Å²) in [6.07, 6.45) is 8.37. The Hall–Kier alpha value is -6.16. The minimum atomic E-state index is -0.745. The second-order valence-corrected chi connectivity index (χ2v) is 20.8. The van der Waals surface area contributed by atoms with Crippen LogP contribution in [-0.2, 0) is 30.4 Å². The van der Waals surface area contributed by atoms with Gasteiger partial charge in [0.2, 0.25) is 11.8 Å². The van der Waals surface area contributed by atoms with Crippen LogP contribution in [0.15, 0.2) is 48.7 Å². The van der Waals surface area contributed by atoms with Crippen molar-refractivity contribution in [1.29, 1.82) is 0 Å². The molecule has 3 fully saturated rings. The van der Waals surface area contributed by atoms with E-state index in [1.165, 1.54) is 14.2 Å². The Labute approximate surface area is 410 Å². The number of nitrogens with one attached hydrogen (secondary N) is 4. The van der Waals surface area contributed by atoms with Gasteiger partial charge in [-0.1, -0.05) is 59.2 Å². The molecule has 4 N–H and O–H groups in total. The second kappa shape index (κ2) is 20.7. The summed E-state index contributed by atoms with van der Waals surface area (Å²) in [5, 5.41) is 7.67. The van der Waals surface area contributed by atoms with E-state index < -0.39 is 30.3 Å². The number of nitrogens with zero attached hydrogens (tertiary/aromatic N) is 4. The van der Waals surface area contributed by atoms with Crippen molar-refractivity contribution in [3.63, 3.8) is 0 Å². The second-order valence-electron chi connectivity index (χ2n) is 20.8. The lowest BCUT2D eigenvalue weighted by molar-refractivity contribution is -0.142. The highest BCUT2D eigenvalue weighted by Gasteiger charge is 2.44. The fraction of sp³-hybridized carbons (Fsp3) is 0.556. The van der Waals surface area contributed by atoms with Crippen molar-refractivity contribution in [2.45, 2.75) is 142 Å². The van der Waals surface area contributed by atoms with Gasteiger partial charge in [0.25, 0.3) is 0 Å². The van der Waals surface area contributed by atoms with Crippen molar-refractivity contribution in [2.75, 3.05) is 27.4 Å². The molecule has 9 rings (SSSR count). The number of carbonyl (C=O) groups excluding carboxylic acids is 4. The molecular weight excluding hydrogens is 889 g/mol. The van der Waals surface area contributed by atoms with Gasteiger partial charge in [-0.2, -0.15) is 0 Å². The van der Waals surface area contributed by atoms with Gasteiger partial charge in [-0.3, -0.25) is 9.59 Å². The number of ether oxygens (including phenoxy) is 4. The van der Waals surface area contributed by atoms with E-state index in [1.807, 2.05) is 36.8 Å². The molecule has 2 saturated heterocycles. The number of aromatic nitrogens is 4. The van der Waals surface area contributed by atoms with Crippen molar-refractivity contribution < 1.29 is 38.1 Å². The van der Waals surface area contributed by atoms with Crippen molar-refractivity contribution in [3.05, 3.63) is 65.9 Å². The minimum absolute atomic E-state index is 0.00749. The van der Waals surface area contributed by atoms with Crippen molar-refractivity contribution in [3.8, 4) is 28.1 Å². The number of rotatable bonds is 14. The van der Waals surface area contributed by atoms with Gasteiger partial charge in [-0.25, -0.2) is 19.6 Å². The van der Waals surface area contributed by atoms with Gasteiger partial charge < -0.3 is 49.3 Å². The van der Waals surface area contributed by atoms with Gasteiger partial charge in [0.05, 0.1) is 49.2 Å². The number of hydrogen-bond acceptors (Lipinski definition) is 10. The Bertz CT molecular complexity index is 2720. The van der Waals surface area contributed by atoms with Crippen LogP contribution >= 0.6 is 0 Å². The monoisotopic (exact) mass is 959 g/mol. The fourth-order valence-corrected chi connectivity index (χ4v) is 11.6. The Balaban J connectivity index is 0.982. The number of methoxy groups -OCH3 is 2. The first kappa shape index (κ1) is 48.8. The highest BCUT2D eigenvalue weighted by molar-refractivity contribution is 6.07. The van der Waals surface area contributed by atoms with Gasteiger partial charge in [-0.15, -0.1) is 0 Å². The predicted octanol–water partition coefficient (Wildman–Crippen LogP) is 9.74. The zero-order valence-electron chi connectivity index (χ0n) is 41.9. The van der Waals surface area contributed by atoms with E-state index in [-0.39, 0.29) is 41.8 Å². The summed E-state index contributed by atoms with van der Waals surface area (Å²) in [6.45, 7) is 14.0. The molecule has 3 aromatic carbocycles. The topological polar surface area (TPSA) is 193 Å². The Morgan fingerprint density at radius 1 is 0.886 bits per heavy atom. The van der Waals surface area contributed by atoms with E-state index in [4.69, 9.17) is 28.9 Å². The number of fused-ring (bicyclic) bond motifs is 6. The molecule has 4 amide bonds. The SMILES string of the molecule is COC(=O)NC(C(=O)N1[C@@H](CCC(C)C)CC[C@H]1c1ncc(-c2ccc3c(c2)COc2cc4c(ccc5[nH]c([C@H](C)N(C(=O)[C@@H](NC(=O)OC)C6CCOCC6)[C@H]6CCC[C@H]6C)nc54)cc2-3)[nH]1)C(C)C. The summed E-state index contributed by atoms with van der Waals surface area (Å²) in [5.74, 6) is 2.53. The van der Waals surface area contributed by atoms with Crippen LogP contribution in [0, 0.1) is 23.7 Å². The van der Waals surface area contributed by atoms with Crippen LogP contribution in [0.5, 0.6) is 5.75 Å². The lowest BCUT2D eigenvalue weighted by atomic mass is 9.89. The summed E-state index contributed by atoms with van der Waals surface area (Å²) >= 11 is 0. The molecule has 5 heterocycles. The number of amides is 4. The molecule has 3 aliphatic heterocycles. The molecule has 4 aliphatic rings. The predicted molar refractivity (Wildman–Crippen MR) is 267 cm³/mol. The van der Waals surface area contributed by atoms with E-state index in [0.717, 1.165) is 106 Å². The normalized spacial score (nSPS) is 21.5. The van der Waals surface area contributed by atoms with Crippen LogP contribution < -0.4 is 15.4 Å². The Morgan fingerprint density at radius 2 is 1.66 bits per heavy atom. The first-order chi connectivity index (χ1) is 33.7. The maximum absolute atomic E-state index is 14.9. The summed E-state index contributed by atoms with van der Waals surface area (Å²) in [6, 6.07) is 12.7. The van der Waals surface area contributed by atoms with Crippen LogP contribution in [0.4, 0.5) is 9.59 Å². The molecule has 0 spiro atoms. The molecule has 0 radical (unpaired) electrons. The number of H-pyrrole nitrogens is 2. The van der Waals surface area contributed by atoms with Gasteiger partial charge in [-0.05, 0) is 128 Å². The lowest BCUT2D eigenvalue weighted by Gasteiger charge is -2.40. The van der Waals surface area contributed by atoms with Crippen LogP contribution in [-0.4, -0.2) is 105 Å². The lowest BCUT2D eigenvalue weighted by Crippen LogP contribution is -2.56. The van der Waals surface area contributed by atoms with E-state index in [0.29, 0.717) is 50.3 Å². The molecule has 1 unspecified atom stereocenters. The molecule has 16 heteroatoms. The average Bonchev–Trinajstić information content (AvgIpc) is 4.20. The molecular formula is C54H70N8O8. The minimum Gasteiger partial charge on any atom is -0.488 e. The summed E-state index contributed by atoms with van der Waals surface area (Å²) in [7, 11) is 2.64. The van der Waals surface area contributed by atoms with E-state index >= 15 is 0 Å². The average molecular weight is 959 g/mol. The Kier molecular flexibility index (Phi) is 14.4. The largest absolute Gasteiger partial charge is 0.488 e. The fourth-order valence-electron chi connectivity index (χ4n) is 11.6. The van der Waals surface area contributed by atoms with Gasteiger partial charge in [0.15, 0.2) is 0 Å². The Morgan fingerprint density at radius 3 is 2.37 bits per heavy atom. The third kappa shape index (κ3) is 9.67. The van der Waals surface area contributed by atoms with Crippen LogP contribution in [0.25, 0.3) is 44.2 Å². The highest BCUT2D eigenvalue weighted by atomic mass is 16.5. The van der Waals surface area contributed by atoms with Crippen molar-refractivity contribution >= 4 is 45.8 Å². The molecule has 0 bridgehead atoms. The number of alkyl carbamates (subject to hydrolysis) is 2. The summed E-state index contributed by atoms with van der Waals surface area (Å²) < 4.78 is 22.1. The van der Waals surface area contributed by atoms with Gasteiger partial charge >= 0.3 is 12.2 Å². The first-order valence-corrected chi connectivity index (χ1v) is 25.4. The van der Waals surface area contributed by atoms with E-state index in [2.05, 4.69) is 83.8 Å². The molecule has 5 aromatic rings. The number of imidazole rings is 2. The molecule has 16 nitrogen and oxygen atoms in total. The molecule has 7 atom stereocenters. The smallest absolute Gasteiger partial charge is 0.407 e. The third-order valence-corrected chi connectivity index (χ3v) is 15.5. The summed E-state index contributed by atoms with van der Waals surface area (Å²) in [5.41, 5.74) is 6.60. The first-order valence-electron chi connectivity index (χ1n) is 25.4. The van der Waals surface area contributed by atoms with Crippen molar-refractivity contribution in [1.82, 2.24) is 40.4 Å². The third-order valence-electron chi connectivity index (χ3n) is 15.5. The molecule has 1 saturated carbocycles. The molecule has 2 aromatic heterocycles. The number of benzene rings is 3. The highest BCUT2D eigenvalue weighted by Crippen LogP contribution is 2.44. The quantitative estimate of drug-likeness (QED) is 0.0833. The maximum Gasteiger partial charge on any atom is 0.407 e.